The Morgan fingerprint density at radius 2 is 1.73 bits per heavy atom. The van der Waals surface area contributed by atoms with Gasteiger partial charge in [-0.25, -0.2) is 0 Å². The predicted molar refractivity (Wildman–Crippen MR) is 117 cm³/mol. The van der Waals surface area contributed by atoms with Gasteiger partial charge in [0.25, 0.3) is 5.91 Å². The summed E-state index contributed by atoms with van der Waals surface area (Å²) in [5.74, 6) is 3.45. The second kappa shape index (κ2) is 6.49. The molecule has 1 heterocycles. The van der Waals surface area contributed by atoms with E-state index in [1.165, 1.54) is 69.9 Å². The van der Waals surface area contributed by atoms with Crippen LogP contribution in [0, 0.1) is 29.1 Å². The molecule has 0 aromatic carbocycles. The lowest BCUT2D eigenvalue weighted by Gasteiger charge is -2.49. The van der Waals surface area contributed by atoms with Crippen molar-refractivity contribution in [2.75, 3.05) is 0 Å². The molecule has 5 saturated carbocycles. The molecule has 1 aromatic heterocycles. The summed E-state index contributed by atoms with van der Waals surface area (Å²) in [4.78, 5) is 13.6. The zero-order valence-electron chi connectivity index (χ0n) is 17.9. The van der Waals surface area contributed by atoms with Gasteiger partial charge in [0.05, 0.1) is 17.1 Å². The standard InChI is InChI=1S/C25H34ClN3O/c26-20-8-4-7-19-22(28-29(23(19)20)18-5-2-1-3-6-18)24(30)27-21-14-9-16-11-17-10-15(21)13-25(16,17)12-14/h14-18,20-21H,1-13H2,(H,27,30). The zero-order valence-corrected chi connectivity index (χ0v) is 18.7. The summed E-state index contributed by atoms with van der Waals surface area (Å²) in [5, 5.41) is 8.56. The van der Waals surface area contributed by atoms with Crippen molar-refractivity contribution in [2.24, 2.45) is 29.1 Å². The van der Waals surface area contributed by atoms with Crippen LogP contribution in [-0.4, -0.2) is 21.7 Å². The molecule has 1 N–H and O–H groups in total. The molecule has 5 atom stereocenters. The number of carbonyl (C=O) groups is 1. The Bertz CT molecular complexity index is 863. The molecule has 1 aromatic rings. The first-order chi connectivity index (χ1) is 14.6. The van der Waals surface area contributed by atoms with Crippen molar-refractivity contribution in [3.63, 3.8) is 0 Å². The van der Waals surface area contributed by atoms with Gasteiger partial charge in [-0.05, 0) is 93.3 Å². The number of aromatic nitrogens is 2. The molecule has 4 nitrogen and oxygen atoms in total. The van der Waals surface area contributed by atoms with Crippen LogP contribution in [0.5, 0.6) is 0 Å². The molecule has 0 radical (unpaired) electrons. The topological polar surface area (TPSA) is 46.9 Å². The largest absolute Gasteiger partial charge is 0.347 e. The quantitative estimate of drug-likeness (QED) is 0.642. The Balaban J connectivity index is 1.19. The lowest BCUT2D eigenvalue weighted by atomic mass is 9.56. The number of hydrogen-bond acceptors (Lipinski definition) is 2. The van der Waals surface area contributed by atoms with Crippen LogP contribution in [0.2, 0.25) is 0 Å². The van der Waals surface area contributed by atoms with Crippen LogP contribution in [0.1, 0.15) is 110 Å². The van der Waals surface area contributed by atoms with Crippen molar-refractivity contribution in [1.82, 2.24) is 15.1 Å². The molecule has 5 fully saturated rings. The van der Waals surface area contributed by atoms with Gasteiger partial charge < -0.3 is 5.32 Å². The number of hydrogen-bond donors (Lipinski definition) is 1. The van der Waals surface area contributed by atoms with Crippen molar-refractivity contribution in [2.45, 2.75) is 101 Å². The second-order valence-electron chi connectivity index (χ2n) is 11.6. The van der Waals surface area contributed by atoms with Crippen LogP contribution in [0.15, 0.2) is 0 Å². The lowest BCUT2D eigenvalue weighted by Crippen LogP contribution is -2.47. The number of alkyl halides is 1. The third-order valence-electron chi connectivity index (χ3n) is 10.3. The Kier molecular flexibility index (Phi) is 4.01. The zero-order chi connectivity index (χ0) is 20.0. The molecular weight excluding hydrogens is 394 g/mol. The van der Waals surface area contributed by atoms with E-state index in [9.17, 15) is 4.79 Å². The van der Waals surface area contributed by atoms with Crippen LogP contribution in [0.25, 0.3) is 0 Å². The van der Waals surface area contributed by atoms with Crippen molar-refractivity contribution in [3.8, 4) is 0 Å². The first-order valence-corrected chi connectivity index (χ1v) is 13.1. The minimum absolute atomic E-state index is 0.0109. The molecule has 30 heavy (non-hydrogen) atoms. The number of nitrogens with one attached hydrogen (secondary N) is 1. The predicted octanol–water partition coefficient (Wildman–Crippen LogP) is 5.56. The fourth-order valence-electron chi connectivity index (χ4n) is 9.10. The van der Waals surface area contributed by atoms with Crippen LogP contribution in [-0.2, 0) is 6.42 Å². The van der Waals surface area contributed by atoms with E-state index in [0.717, 1.165) is 36.7 Å². The van der Waals surface area contributed by atoms with Crippen LogP contribution in [0.3, 0.4) is 0 Å². The molecule has 162 valence electrons. The molecular formula is C25H34ClN3O. The van der Waals surface area contributed by atoms with E-state index in [1.807, 2.05) is 0 Å². The van der Waals surface area contributed by atoms with Crippen LogP contribution >= 0.6 is 11.6 Å². The second-order valence-corrected chi connectivity index (χ2v) is 12.1. The number of amides is 1. The number of nitrogens with zero attached hydrogens (tertiary/aromatic N) is 2. The molecule has 5 unspecified atom stereocenters. The van der Waals surface area contributed by atoms with Gasteiger partial charge in [-0.3, -0.25) is 9.48 Å². The van der Waals surface area contributed by atoms with Gasteiger partial charge in [0, 0.05) is 11.6 Å². The van der Waals surface area contributed by atoms with E-state index in [4.69, 9.17) is 16.7 Å². The number of fused-ring (bicyclic) bond motifs is 3. The molecule has 0 aliphatic heterocycles. The van der Waals surface area contributed by atoms with Crippen molar-refractivity contribution in [1.29, 1.82) is 0 Å². The third kappa shape index (κ3) is 2.40. The Hall–Kier alpha value is -1.03. The summed E-state index contributed by atoms with van der Waals surface area (Å²) >= 11 is 6.81. The highest BCUT2D eigenvalue weighted by Crippen LogP contribution is 2.75. The summed E-state index contributed by atoms with van der Waals surface area (Å²) < 4.78 is 2.20. The molecule has 0 saturated heterocycles. The van der Waals surface area contributed by atoms with Gasteiger partial charge >= 0.3 is 0 Å². The summed E-state index contributed by atoms with van der Waals surface area (Å²) in [6, 6.07) is 0.812. The van der Waals surface area contributed by atoms with E-state index in [-0.39, 0.29) is 11.3 Å². The fourth-order valence-corrected chi connectivity index (χ4v) is 9.49. The van der Waals surface area contributed by atoms with Gasteiger partial charge in [-0.2, -0.15) is 5.10 Å². The lowest BCUT2D eigenvalue weighted by molar-refractivity contribution is -0.000477. The highest BCUT2D eigenvalue weighted by Gasteiger charge is 2.69. The molecule has 1 spiro atoms. The molecule has 7 rings (SSSR count). The number of rotatable bonds is 3. The van der Waals surface area contributed by atoms with Crippen LogP contribution in [0.4, 0.5) is 0 Å². The van der Waals surface area contributed by atoms with Crippen molar-refractivity contribution < 1.29 is 4.79 Å². The summed E-state index contributed by atoms with van der Waals surface area (Å²) in [6.45, 7) is 0. The average molecular weight is 428 g/mol. The average Bonchev–Trinajstić information content (AvgIpc) is 3.34. The molecule has 1 amide bonds. The van der Waals surface area contributed by atoms with Crippen molar-refractivity contribution in [3.05, 3.63) is 17.0 Å². The fraction of sp³-hybridized carbons (Fsp3) is 0.840. The first kappa shape index (κ1) is 18.5. The van der Waals surface area contributed by atoms with Gasteiger partial charge in [0.2, 0.25) is 0 Å². The molecule has 6 aliphatic carbocycles. The minimum atomic E-state index is 0.0109. The maximum absolute atomic E-state index is 13.6. The van der Waals surface area contributed by atoms with E-state index < -0.39 is 0 Å². The minimum Gasteiger partial charge on any atom is -0.347 e. The van der Waals surface area contributed by atoms with E-state index in [0.29, 0.717) is 35.0 Å². The Morgan fingerprint density at radius 3 is 2.47 bits per heavy atom. The van der Waals surface area contributed by atoms with E-state index in [1.54, 1.807) is 0 Å². The Labute approximate surface area is 184 Å². The number of halogens is 1. The van der Waals surface area contributed by atoms with Crippen molar-refractivity contribution >= 4 is 17.5 Å². The van der Waals surface area contributed by atoms with Gasteiger partial charge in [-0.15, -0.1) is 11.6 Å². The van der Waals surface area contributed by atoms with Gasteiger partial charge in [0.15, 0.2) is 5.69 Å². The number of carbonyl (C=O) groups excluding carboxylic acids is 1. The van der Waals surface area contributed by atoms with Crippen LogP contribution < -0.4 is 5.32 Å². The summed E-state index contributed by atoms with van der Waals surface area (Å²) in [5.41, 5.74) is 3.74. The first-order valence-electron chi connectivity index (χ1n) is 12.7. The van der Waals surface area contributed by atoms with Gasteiger partial charge in [0.1, 0.15) is 0 Å². The molecule has 5 heteroatoms. The summed E-state index contributed by atoms with van der Waals surface area (Å²) in [6.07, 6.45) is 16.2. The SMILES string of the molecule is O=C(NC1C2CC3CC4CC1CC34C2)c1nn(C2CCCCC2)c2c1CCCC2Cl. The maximum atomic E-state index is 13.6. The third-order valence-corrected chi connectivity index (χ3v) is 10.8. The summed E-state index contributed by atoms with van der Waals surface area (Å²) in [7, 11) is 0. The molecule has 6 aliphatic rings. The van der Waals surface area contributed by atoms with E-state index in [2.05, 4.69) is 10.00 Å². The Morgan fingerprint density at radius 1 is 1.00 bits per heavy atom. The normalized spacial score (nSPS) is 43.9. The van der Waals surface area contributed by atoms with E-state index >= 15 is 0 Å². The monoisotopic (exact) mass is 427 g/mol. The van der Waals surface area contributed by atoms with Gasteiger partial charge in [-0.1, -0.05) is 19.3 Å². The molecule has 3 bridgehead atoms. The smallest absolute Gasteiger partial charge is 0.272 e. The highest BCUT2D eigenvalue weighted by molar-refractivity contribution is 6.21. The maximum Gasteiger partial charge on any atom is 0.272 e. The highest BCUT2D eigenvalue weighted by atomic mass is 35.5.